The quantitative estimate of drug-likeness (QED) is 0.329. The van der Waals surface area contributed by atoms with Gasteiger partial charge < -0.3 is 9.47 Å². The number of benzene rings is 3. The first-order chi connectivity index (χ1) is 15.6. The molecule has 0 aliphatic carbocycles. The summed E-state index contributed by atoms with van der Waals surface area (Å²) in [5.41, 5.74) is 5.38. The molecule has 0 amide bonds. The van der Waals surface area contributed by atoms with Crippen LogP contribution >= 0.6 is 0 Å². The Kier molecular flexibility index (Phi) is 5.87. The zero-order valence-electron chi connectivity index (χ0n) is 19.7. The van der Waals surface area contributed by atoms with Gasteiger partial charge >= 0.3 is 5.97 Å². The Morgan fingerprint density at radius 3 is 2.30 bits per heavy atom. The van der Waals surface area contributed by atoms with Crippen LogP contribution < -0.4 is 4.74 Å². The fraction of sp³-hybridized carbons (Fsp3) is 0.233. The topological polar surface area (TPSA) is 35.5 Å². The Balaban J connectivity index is 1.64. The molecule has 3 aromatic carbocycles. The largest absolute Gasteiger partial charge is 0.483 e. The Labute approximate surface area is 196 Å². The molecule has 4 rings (SSSR count). The Morgan fingerprint density at radius 2 is 1.64 bits per heavy atom. The van der Waals surface area contributed by atoms with Gasteiger partial charge in [0.25, 0.3) is 0 Å². The minimum atomic E-state index is -0.467. The minimum absolute atomic E-state index is 0.0969. The van der Waals surface area contributed by atoms with Gasteiger partial charge in [-0.05, 0) is 78.3 Å². The Hall–Kier alpha value is -3.77. The molecule has 3 nitrogen and oxygen atoms in total. The van der Waals surface area contributed by atoms with Crippen LogP contribution in [0.25, 0.3) is 5.57 Å². The highest BCUT2D eigenvalue weighted by Gasteiger charge is 2.27. The van der Waals surface area contributed by atoms with Crippen LogP contribution in [-0.2, 0) is 10.2 Å². The normalized spacial score (nSPS) is 14.2. The molecule has 33 heavy (non-hydrogen) atoms. The lowest BCUT2D eigenvalue weighted by molar-refractivity contribution is 0.0690. The van der Waals surface area contributed by atoms with E-state index < -0.39 is 11.6 Å². The number of carbonyl (C=O) groups excluding carboxylic acids is 1. The van der Waals surface area contributed by atoms with Gasteiger partial charge in [0.1, 0.15) is 17.5 Å². The van der Waals surface area contributed by atoms with Crippen LogP contribution in [0.4, 0.5) is 0 Å². The van der Waals surface area contributed by atoms with Crippen LogP contribution in [0.15, 0.2) is 78.9 Å². The second-order valence-electron chi connectivity index (χ2n) is 9.78. The smallest absolute Gasteiger partial charge is 0.352 e. The van der Waals surface area contributed by atoms with Gasteiger partial charge in [-0.3, -0.25) is 0 Å². The van der Waals surface area contributed by atoms with Crippen LogP contribution in [0.3, 0.4) is 0 Å². The molecule has 166 valence electrons. The van der Waals surface area contributed by atoms with E-state index in [1.807, 2.05) is 24.3 Å². The number of ether oxygens (including phenoxy) is 2. The molecule has 0 saturated carbocycles. The monoisotopic (exact) mass is 436 g/mol. The first kappa shape index (κ1) is 22.4. The van der Waals surface area contributed by atoms with E-state index in [1.54, 1.807) is 24.3 Å². The molecule has 0 aromatic heterocycles. The van der Waals surface area contributed by atoms with Gasteiger partial charge in [0.15, 0.2) is 0 Å². The fourth-order valence-electron chi connectivity index (χ4n) is 3.80. The van der Waals surface area contributed by atoms with Crippen molar-refractivity contribution >= 4 is 11.5 Å². The maximum Gasteiger partial charge on any atom is 0.352 e. The third kappa shape index (κ3) is 5.18. The molecule has 0 N–H and O–H groups in total. The molecule has 0 radical (unpaired) electrons. The highest BCUT2D eigenvalue weighted by molar-refractivity contribution is 5.90. The number of esters is 1. The number of hydrogen-bond acceptors (Lipinski definition) is 3. The first-order valence-corrected chi connectivity index (χ1v) is 11.1. The van der Waals surface area contributed by atoms with Crippen molar-refractivity contribution in [1.82, 2.24) is 0 Å². The molecule has 3 aromatic rings. The molecule has 0 bridgehead atoms. The van der Waals surface area contributed by atoms with Crippen LogP contribution in [0.1, 0.15) is 67.2 Å². The summed E-state index contributed by atoms with van der Waals surface area (Å²) in [6.45, 7) is 10.7. The summed E-state index contributed by atoms with van der Waals surface area (Å²) in [7, 11) is 0. The minimum Gasteiger partial charge on any atom is -0.483 e. The third-order valence-electron chi connectivity index (χ3n) is 5.55. The van der Waals surface area contributed by atoms with Crippen LogP contribution in [-0.4, -0.2) is 11.6 Å². The van der Waals surface area contributed by atoms with Crippen molar-refractivity contribution in [3.05, 3.63) is 107 Å². The molecule has 0 atom stereocenters. The van der Waals surface area contributed by atoms with E-state index in [0.29, 0.717) is 5.56 Å². The van der Waals surface area contributed by atoms with E-state index in [2.05, 4.69) is 77.0 Å². The van der Waals surface area contributed by atoms with Gasteiger partial charge in [-0.25, -0.2) is 4.79 Å². The van der Waals surface area contributed by atoms with E-state index >= 15 is 0 Å². The zero-order chi connectivity index (χ0) is 23.6. The standard InChI is InChI=1S/C30H28O3/c1-29(2,3)24-14-12-22(13-15-24)26-20-30(4,5)33-27-16-11-21(19-25(26)27)17-18-32-28(31)23-9-7-6-8-10-23/h6-16,19-20H,1-5H3. The van der Waals surface area contributed by atoms with E-state index in [9.17, 15) is 4.79 Å². The molecule has 0 unspecified atom stereocenters. The SMILES string of the molecule is CC1(C)C=C(c2ccc(C(C)(C)C)cc2)c2cc(C#COC(=O)c3ccccc3)ccc2O1. The Morgan fingerprint density at radius 1 is 0.939 bits per heavy atom. The third-order valence-corrected chi connectivity index (χ3v) is 5.55. The van der Waals surface area contributed by atoms with Gasteiger partial charge in [-0.15, -0.1) is 0 Å². The molecular formula is C30H28O3. The number of carbonyl (C=O) groups is 1. The Bertz CT molecular complexity index is 1260. The van der Waals surface area contributed by atoms with Crippen molar-refractivity contribution < 1.29 is 14.3 Å². The van der Waals surface area contributed by atoms with Crippen molar-refractivity contribution in [1.29, 1.82) is 0 Å². The summed E-state index contributed by atoms with van der Waals surface area (Å²) in [5.74, 6) is 3.28. The maximum atomic E-state index is 12.1. The maximum absolute atomic E-state index is 12.1. The average molecular weight is 437 g/mol. The molecule has 1 aliphatic rings. The van der Waals surface area contributed by atoms with Gasteiger partial charge in [0.2, 0.25) is 0 Å². The van der Waals surface area contributed by atoms with Gasteiger partial charge in [0, 0.05) is 11.1 Å². The molecule has 1 heterocycles. The fourth-order valence-corrected chi connectivity index (χ4v) is 3.80. The van der Waals surface area contributed by atoms with E-state index in [-0.39, 0.29) is 5.41 Å². The molecule has 0 spiro atoms. The summed E-state index contributed by atoms with van der Waals surface area (Å²) >= 11 is 0. The van der Waals surface area contributed by atoms with Crippen LogP contribution in [0, 0.1) is 12.0 Å². The van der Waals surface area contributed by atoms with Crippen LogP contribution in [0.5, 0.6) is 5.75 Å². The van der Waals surface area contributed by atoms with Crippen molar-refractivity contribution in [3.8, 4) is 17.8 Å². The molecule has 3 heteroatoms. The highest BCUT2D eigenvalue weighted by Crippen LogP contribution is 2.40. The lowest BCUT2D eigenvalue weighted by Gasteiger charge is -2.31. The summed E-state index contributed by atoms with van der Waals surface area (Å²) in [5, 5.41) is 0. The highest BCUT2D eigenvalue weighted by atomic mass is 16.5. The molecule has 1 aliphatic heterocycles. The van der Waals surface area contributed by atoms with E-state index in [4.69, 9.17) is 9.47 Å². The second-order valence-corrected chi connectivity index (χ2v) is 9.78. The summed E-state index contributed by atoms with van der Waals surface area (Å²) < 4.78 is 11.3. The summed E-state index contributed by atoms with van der Waals surface area (Å²) in [6, 6.07) is 23.3. The van der Waals surface area contributed by atoms with E-state index in [1.165, 1.54) is 5.56 Å². The van der Waals surface area contributed by atoms with Gasteiger partial charge in [-0.1, -0.05) is 63.2 Å². The average Bonchev–Trinajstić information content (AvgIpc) is 2.78. The van der Waals surface area contributed by atoms with Crippen molar-refractivity contribution in [2.75, 3.05) is 0 Å². The summed E-state index contributed by atoms with van der Waals surface area (Å²) in [6.07, 6.45) is 4.69. The van der Waals surface area contributed by atoms with Crippen molar-refractivity contribution in [2.24, 2.45) is 0 Å². The predicted octanol–water partition coefficient (Wildman–Crippen LogP) is 6.75. The van der Waals surface area contributed by atoms with Crippen molar-refractivity contribution in [2.45, 2.75) is 45.6 Å². The number of hydrogen-bond donors (Lipinski definition) is 0. The lowest BCUT2D eigenvalue weighted by atomic mass is 9.84. The predicted molar refractivity (Wildman–Crippen MR) is 132 cm³/mol. The number of fused-ring (bicyclic) bond motifs is 1. The lowest BCUT2D eigenvalue weighted by Crippen LogP contribution is -2.29. The summed E-state index contributed by atoms with van der Waals surface area (Å²) in [4.78, 5) is 12.1. The second kappa shape index (κ2) is 8.64. The zero-order valence-corrected chi connectivity index (χ0v) is 19.7. The molecule has 0 fully saturated rings. The number of rotatable bonds is 2. The first-order valence-electron chi connectivity index (χ1n) is 11.1. The van der Waals surface area contributed by atoms with E-state index in [0.717, 1.165) is 28.0 Å². The molecule has 0 saturated heterocycles. The van der Waals surface area contributed by atoms with Gasteiger partial charge in [-0.2, -0.15) is 0 Å². The van der Waals surface area contributed by atoms with Crippen molar-refractivity contribution in [3.63, 3.8) is 0 Å². The molecular weight excluding hydrogens is 408 g/mol. The van der Waals surface area contributed by atoms with Gasteiger partial charge in [0.05, 0.1) is 5.56 Å². The van der Waals surface area contributed by atoms with Crippen LogP contribution in [0.2, 0.25) is 0 Å².